The third-order valence-electron chi connectivity index (χ3n) is 2.38. The Morgan fingerprint density at radius 2 is 2.05 bits per heavy atom. The van der Waals surface area contributed by atoms with E-state index < -0.39 is 30.4 Å². The van der Waals surface area contributed by atoms with E-state index in [0.717, 1.165) is 0 Å². The molecule has 8 heteroatoms. The number of esters is 1. The average molecular weight is 287 g/mol. The highest BCUT2D eigenvalue weighted by molar-refractivity contribution is 5.86. The maximum Gasteiger partial charge on any atom is 0.509 e. The lowest BCUT2D eigenvalue weighted by Gasteiger charge is -2.12. The Balaban J connectivity index is 2.10. The second-order valence-corrected chi connectivity index (χ2v) is 4.17. The second-order valence-electron chi connectivity index (χ2n) is 4.17. The Hall–Kier alpha value is -2.25. The van der Waals surface area contributed by atoms with Gasteiger partial charge in [0.25, 0.3) is 0 Å². The Morgan fingerprint density at radius 3 is 2.60 bits per heavy atom. The molecular formula is C12H17NO7. The summed E-state index contributed by atoms with van der Waals surface area (Å²) in [5, 5.41) is 2.38. The van der Waals surface area contributed by atoms with E-state index >= 15 is 0 Å². The number of carbonyl (C=O) groups is 3. The van der Waals surface area contributed by atoms with Crippen LogP contribution in [0.4, 0.5) is 9.59 Å². The Morgan fingerprint density at radius 1 is 1.35 bits per heavy atom. The summed E-state index contributed by atoms with van der Waals surface area (Å²) in [5.74, 6) is -0.524. The fraction of sp³-hybridized carbons (Fsp3) is 0.583. The van der Waals surface area contributed by atoms with E-state index in [9.17, 15) is 14.4 Å². The Kier molecular flexibility index (Phi) is 5.82. The minimum atomic E-state index is -0.779. The predicted octanol–water partition coefficient (Wildman–Crippen LogP) is 0.756. The lowest BCUT2D eigenvalue weighted by Crippen LogP contribution is -2.33. The molecule has 1 N–H and O–H groups in total. The lowest BCUT2D eigenvalue weighted by molar-refractivity contribution is -0.138. The van der Waals surface area contributed by atoms with E-state index in [0.29, 0.717) is 0 Å². The van der Waals surface area contributed by atoms with Crippen LogP contribution in [0.2, 0.25) is 0 Å². The summed E-state index contributed by atoms with van der Waals surface area (Å²) in [7, 11) is 0. The molecule has 0 bridgehead atoms. The van der Waals surface area contributed by atoms with E-state index in [1.165, 1.54) is 6.92 Å². The predicted molar refractivity (Wildman–Crippen MR) is 65.9 cm³/mol. The van der Waals surface area contributed by atoms with Crippen LogP contribution in [0.25, 0.3) is 0 Å². The van der Waals surface area contributed by atoms with Gasteiger partial charge in [0.2, 0.25) is 0 Å². The van der Waals surface area contributed by atoms with Gasteiger partial charge in [-0.25, -0.2) is 14.4 Å². The number of carbonyl (C=O) groups excluding carboxylic acids is 3. The number of amides is 1. The van der Waals surface area contributed by atoms with E-state index in [2.05, 4.69) is 11.9 Å². The lowest BCUT2D eigenvalue weighted by atomic mass is 10.2. The van der Waals surface area contributed by atoms with Crippen LogP contribution >= 0.6 is 0 Å². The standard InChI is InChI=1S/C12H17NO7/c1-7(2)10(14)17-5-4-13-11(15)18-6-9-8(3)19-12(16)20-9/h8-9H,1,4-6H2,2-3H3,(H,13,15). The molecule has 1 saturated heterocycles. The molecule has 0 aromatic rings. The zero-order chi connectivity index (χ0) is 15.1. The van der Waals surface area contributed by atoms with Gasteiger partial charge in [0, 0.05) is 5.57 Å². The van der Waals surface area contributed by atoms with Gasteiger partial charge in [0.05, 0.1) is 6.54 Å². The molecule has 0 radical (unpaired) electrons. The van der Waals surface area contributed by atoms with Gasteiger partial charge in [-0.15, -0.1) is 0 Å². The smallest absolute Gasteiger partial charge is 0.460 e. The van der Waals surface area contributed by atoms with Crippen molar-refractivity contribution in [3.63, 3.8) is 0 Å². The van der Waals surface area contributed by atoms with Crippen molar-refractivity contribution < 1.29 is 33.3 Å². The van der Waals surface area contributed by atoms with Crippen LogP contribution in [0.3, 0.4) is 0 Å². The monoisotopic (exact) mass is 287 g/mol. The van der Waals surface area contributed by atoms with Gasteiger partial charge in [-0.05, 0) is 13.8 Å². The van der Waals surface area contributed by atoms with Gasteiger partial charge < -0.3 is 24.3 Å². The topological polar surface area (TPSA) is 100 Å². The summed E-state index contributed by atoms with van der Waals surface area (Å²) >= 11 is 0. The van der Waals surface area contributed by atoms with Crippen molar-refractivity contribution in [2.45, 2.75) is 26.1 Å². The van der Waals surface area contributed by atoms with Gasteiger partial charge in [-0.1, -0.05) is 6.58 Å². The molecule has 112 valence electrons. The summed E-state index contributed by atoms with van der Waals surface area (Å²) in [6.45, 7) is 6.58. The Bertz CT molecular complexity index is 407. The highest BCUT2D eigenvalue weighted by atomic mass is 16.8. The molecule has 0 aromatic heterocycles. The molecule has 1 fully saturated rings. The molecule has 1 amide bonds. The van der Waals surface area contributed by atoms with E-state index in [4.69, 9.17) is 18.9 Å². The maximum atomic E-state index is 11.3. The number of alkyl carbamates (subject to hydrolysis) is 1. The average Bonchev–Trinajstić information content (AvgIpc) is 2.70. The van der Waals surface area contributed by atoms with E-state index in [1.807, 2.05) is 0 Å². The van der Waals surface area contributed by atoms with Crippen LogP contribution in [0, 0.1) is 0 Å². The number of ether oxygens (including phenoxy) is 4. The zero-order valence-electron chi connectivity index (χ0n) is 11.3. The highest BCUT2D eigenvalue weighted by Gasteiger charge is 2.34. The first-order valence-electron chi connectivity index (χ1n) is 6.00. The second kappa shape index (κ2) is 7.37. The zero-order valence-corrected chi connectivity index (χ0v) is 11.3. The summed E-state index contributed by atoms with van der Waals surface area (Å²) in [5.41, 5.74) is 0.282. The molecule has 2 atom stereocenters. The quantitative estimate of drug-likeness (QED) is 0.333. The van der Waals surface area contributed by atoms with Gasteiger partial charge in [0.15, 0.2) is 6.10 Å². The van der Waals surface area contributed by atoms with Crippen LogP contribution in [-0.2, 0) is 23.7 Å². The van der Waals surface area contributed by atoms with Crippen LogP contribution in [0.5, 0.6) is 0 Å². The van der Waals surface area contributed by atoms with Gasteiger partial charge in [-0.2, -0.15) is 0 Å². The van der Waals surface area contributed by atoms with Crippen molar-refractivity contribution in [2.24, 2.45) is 0 Å². The van der Waals surface area contributed by atoms with Crippen molar-refractivity contribution in [3.8, 4) is 0 Å². The van der Waals surface area contributed by atoms with Crippen molar-refractivity contribution in [2.75, 3.05) is 19.8 Å². The van der Waals surface area contributed by atoms with Crippen molar-refractivity contribution in [1.82, 2.24) is 5.32 Å². The van der Waals surface area contributed by atoms with Gasteiger partial charge in [0.1, 0.15) is 19.3 Å². The third kappa shape index (κ3) is 5.17. The van der Waals surface area contributed by atoms with E-state index in [1.54, 1.807) is 6.92 Å². The molecule has 8 nitrogen and oxygen atoms in total. The number of rotatable bonds is 6. The molecule has 1 heterocycles. The normalized spacial score (nSPS) is 20.6. The van der Waals surface area contributed by atoms with Crippen LogP contribution in [0.1, 0.15) is 13.8 Å². The molecule has 1 rings (SSSR count). The first-order chi connectivity index (χ1) is 9.40. The summed E-state index contributed by atoms with van der Waals surface area (Å²) in [6, 6.07) is 0. The van der Waals surface area contributed by atoms with Gasteiger partial charge in [-0.3, -0.25) is 0 Å². The SMILES string of the molecule is C=C(C)C(=O)OCCNC(=O)OCC1OC(=O)OC1C. The molecule has 1 aliphatic heterocycles. The minimum Gasteiger partial charge on any atom is -0.460 e. The fourth-order valence-electron chi connectivity index (χ4n) is 1.27. The molecular weight excluding hydrogens is 270 g/mol. The minimum absolute atomic E-state index is 0.0126. The number of hydrogen-bond acceptors (Lipinski definition) is 7. The Labute approximate surface area is 116 Å². The first-order valence-corrected chi connectivity index (χ1v) is 6.00. The van der Waals surface area contributed by atoms with Crippen LogP contribution in [-0.4, -0.2) is 50.2 Å². The number of cyclic esters (lactones) is 2. The molecule has 0 spiro atoms. The molecule has 20 heavy (non-hydrogen) atoms. The van der Waals surface area contributed by atoms with Crippen LogP contribution in [0.15, 0.2) is 12.2 Å². The van der Waals surface area contributed by atoms with E-state index in [-0.39, 0.29) is 25.3 Å². The first kappa shape index (κ1) is 15.8. The summed E-state index contributed by atoms with van der Waals surface area (Å²) in [6.07, 6.45) is -2.56. The van der Waals surface area contributed by atoms with Crippen LogP contribution < -0.4 is 5.32 Å². The highest BCUT2D eigenvalue weighted by Crippen LogP contribution is 2.14. The molecule has 0 aromatic carbocycles. The number of nitrogens with one attached hydrogen (secondary N) is 1. The summed E-state index contributed by atoms with van der Waals surface area (Å²) in [4.78, 5) is 33.1. The molecule has 1 aliphatic rings. The van der Waals surface area contributed by atoms with Crippen molar-refractivity contribution in [1.29, 1.82) is 0 Å². The summed E-state index contributed by atoms with van der Waals surface area (Å²) < 4.78 is 19.1. The van der Waals surface area contributed by atoms with Gasteiger partial charge >= 0.3 is 18.2 Å². The number of hydrogen-bond donors (Lipinski definition) is 1. The van der Waals surface area contributed by atoms with Crippen molar-refractivity contribution in [3.05, 3.63) is 12.2 Å². The fourth-order valence-corrected chi connectivity index (χ4v) is 1.27. The molecule has 0 aliphatic carbocycles. The molecule has 2 unspecified atom stereocenters. The molecule has 0 saturated carbocycles. The largest absolute Gasteiger partial charge is 0.509 e. The maximum absolute atomic E-state index is 11.3. The third-order valence-corrected chi connectivity index (χ3v) is 2.38. The van der Waals surface area contributed by atoms with Crippen molar-refractivity contribution >= 4 is 18.2 Å².